The molecule has 1 saturated heterocycles. The summed E-state index contributed by atoms with van der Waals surface area (Å²) in [5.74, 6) is 0.0766. The van der Waals surface area contributed by atoms with Gasteiger partial charge in [-0.05, 0) is 61.7 Å². The van der Waals surface area contributed by atoms with Gasteiger partial charge >= 0.3 is 0 Å². The second kappa shape index (κ2) is 8.88. The fraction of sp³-hybridized carbons (Fsp3) is 0.435. The predicted molar refractivity (Wildman–Crippen MR) is 121 cm³/mol. The van der Waals surface area contributed by atoms with Gasteiger partial charge in [-0.25, -0.2) is 8.42 Å². The van der Waals surface area contributed by atoms with Crippen LogP contribution in [0.25, 0.3) is 0 Å². The summed E-state index contributed by atoms with van der Waals surface area (Å²) in [5.41, 5.74) is 3.67. The van der Waals surface area contributed by atoms with Crippen molar-refractivity contribution in [2.75, 3.05) is 30.2 Å². The summed E-state index contributed by atoms with van der Waals surface area (Å²) in [4.78, 5) is 15.3. The molecule has 0 aromatic heterocycles. The highest BCUT2D eigenvalue weighted by molar-refractivity contribution is 7.92. The highest BCUT2D eigenvalue weighted by Crippen LogP contribution is 2.35. The number of rotatable bonds is 6. The molecule has 1 amide bonds. The topological polar surface area (TPSA) is 79.0 Å². The maximum atomic E-state index is 12.9. The first-order valence-corrected chi connectivity index (χ1v) is 12.5. The minimum absolute atomic E-state index is 0.0451. The van der Waals surface area contributed by atoms with Crippen LogP contribution in [0.3, 0.4) is 0 Å². The maximum Gasteiger partial charge on any atom is 0.263 e. The van der Waals surface area contributed by atoms with E-state index in [1.54, 1.807) is 12.1 Å². The van der Waals surface area contributed by atoms with Crippen LogP contribution >= 0.6 is 0 Å². The Morgan fingerprint density at radius 3 is 2.55 bits per heavy atom. The number of fused-ring (bicyclic) bond motifs is 1. The Morgan fingerprint density at radius 2 is 1.84 bits per heavy atom. The van der Waals surface area contributed by atoms with Gasteiger partial charge in [0.25, 0.3) is 5.91 Å². The quantitative estimate of drug-likeness (QED) is 0.742. The van der Waals surface area contributed by atoms with Gasteiger partial charge in [-0.3, -0.25) is 14.0 Å². The minimum atomic E-state index is -3.54. The summed E-state index contributed by atoms with van der Waals surface area (Å²) in [6.45, 7) is 5.31. The van der Waals surface area contributed by atoms with Gasteiger partial charge in [0, 0.05) is 13.1 Å². The Bertz CT molecular complexity index is 1060. The lowest BCUT2D eigenvalue weighted by Crippen LogP contribution is -2.50. The summed E-state index contributed by atoms with van der Waals surface area (Å²) in [6, 6.07) is 13.4. The van der Waals surface area contributed by atoms with Crippen LogP contribution in [0.15, 0.2) is 42.5 Å². The Kier molecular flexibility index (Phi) is 6.20. The van der Waals surface area contributed by atoms with Crippen molar-refractivity contribution in [3.63, 3.8) is 0 Å². The van der Waals surface area contributed by atoms with Crippen LogP contribution < -0.4 is 14.4 Å². The van der Waals surface area contributed by atoms with Gasteiger partial charge in [-0.15, -0.1) is 0 Å². The second-order valence-electron chi connectivity index (χ2n) is 8.34. The number of carbonyl (C=O) groups excluding carboxylic acids is 1. The van der Waals surface area contributed by atoms with Gasteiger partial charge in [0.15, 0.2) is 6.10 Å². The fourth-order valence-electron chi connectivity index (χ4n) is 4.17. The average molecular weight is 444 g/mol. The minimum Gasteiger partial charge on any atom is -0.476 e. The number of anilines is 1. The lowest BCUT2D eigenvalue weighted by molar-refractivity contribution is -0.127. The summed E-state index contributed by atoms with van der Waals surface area (Å²) in [7, 11) is -3.54. The first-order chi connectivity index (χ1) is 14.8. The number of carbonyl (C=O) groups is 1. The van der Waals surface area contributed by atoms with Gasteiger partial charge in [-0.2, -0.15) is 0 Å². The molecule has 2 aromatic rings. The van der Waals surface area contributed by atoms with Crippen LogP contribution in [0.1, 0.15) is 29.5 Å². The Labute approximate surface area is 184 Å². The number of nitrogens with one attached hydrogen (secondary N) is 1. The van der Waals surface area contributed by atoms with Crippen molar-refractivity contribution in [2.45, 2.75) is 39.0 Å². The van der Waals surface area contributed by atoms with Crippen molar-refractivity contribution in [2.24, 2.45) is 0 Å². The molecule has 2 aromatic carbocycles. The van der Waals surface area contributed by atoms with Crippen LogP contribution in [0.4, 0.5) is 5.69 Å². The molecule has 2 heterocycles. The third-order valence-corrected chi connectivity index (χ3v) is 6.99. The number of likely N-dealkylation sites (tertiary alicyclic amines) is 1. The molecule has 31 heavy (non-hydrogen) atoms. The van der Waals surface area contributed by atoms with E-state index < -0.39 is 16.1 Å². The van der Waals surface area contributed by atoms with Crippen LogP contribution in [0, 0.1) is 6.92 Å². The summed E-state index contributed by atoms with van der Waals surface area (Å²) >= 11 is 0. The van der Waals surface area contributed by atoms with Gasteiger partial charge in [0.1, 0.15) is 5.75 Å². The highest BCUT2D eigenvalue weighted by Gasteiger charge is 2.35. The maximum absolute atomic E-state index is 12.9. The first-order valence-electron chi connectivity index (χ1n) is 10.6. The van der Waals surface area contributed by atoms with E-state index in [4.69, 9.17) is 4.74 Å². The van der Waals surface area contributed by atoms with E-state index in [0.717, 1.165) is 37.0 Å². The second-order valence-corrected chi connectivity index (χ2v) is 10.2. The van der Waals surface area contributed by atoms with Crippen molar-refractivity contribution >= 4 is 21.6 Å². The SMILES string of the molecule is Cc1ccc2c(c1)N(S(C)(=O)=O)CC(C(=O)NCc1ccccc1CN1CCCC1)O2. The number of aryl methyl sites for hydroxylation is 1. The molecule has 8 heteroatoms. The van der Waals surface area contributed by atoms with Crippen molar-refractivity contribution in [1.82, 2.24) is 10.2 Å². The van der Waals surface area contributed by atoms with E-state index in [0.29, 0.717) is 18.0 Å². The van der Waals surface area contributed by atoms with E-state index >= 15 is 0 Å². The largest absolute Gasteiger partial charge is 0.476 e. The molecule has 7 nitrogen and oxygen atoms in total. The van der Waals surface area contributed by atoms with Gasteiger partial charge < -0.3 is 10.1 Å². The molecule has 2 aliphatic heterocycles. The van der Waals surface area contributed by atoms with Gasteiger partial charge in [0.2, 0.25) is 10.0 Å². The molecule has 0 aliphatic carbocycles. The van der Waals surface area contributed by atoms with Crippen molar-refractivity contribution in [3.05, 3.63) is 59.2 Å². The van der Waals surface area contributed by atoms with E-state index in [-0.39, 0.29) is 12.5 Å². The molecule has 1 N–H and O–H groups in total. The third-order valence-electron chi connectivity index (χ3n) is 5.84. The third kappa shape index (κ3) is 5.02. The molecule has 0 saturated carbocycles. The number of hydrogen-bond donors (Lipinski definition) is 1. The van der Waals surface area contributed by atoms with Crippen LogP contribution in [0.5, 0.6) is 5.75 Å². The molecule has 166 valence electrons. The molecule has 0 bridgehead atoms. The molecule has 1 fully saturated rings. The Morgan fingerprint density at radius 1 is 1.13 bits per heavy atom. The smallest absolute Gasteiger partial charge is 0.263 e. The zero-order valence-electron chi connectivity index (χ0n) is 18.0. The van der Waals surface area contributed by atoms with E-state index in [1.807, 2.05) is 31.2 Å². The zero-order chi connectivity index (χ0) is 22.0. The number of amides is 1. The van der Waals surface area contributed by atoms with Crippen molar-refractivity contribution in [3.8, 4) is 5.75 Å². The normalized spacial score (nSPS) is 19.0. The zero-order valence-corrected chi connectivity index (χ0v) is 18.8. The summed E-state index contributed by atoms with van der Waals surface area (Å²) in [5, 5.41) is 2.94. The molecular formula is C23H29N3O4S. The summed E-state index contributed by atoms with van der Waals surface area (Å²) in [6.07, 6.45) is 2.70. The van der Waals surface area contributed by atoms with E-state index in [9.17, 15) is 13.2 Å². The van der Waals surface area contributed by atoms with E-state index in [1.165, 1.54) is 22.7 Å². The lowest BCUT2D eigenvalue weighted by atomic mass is 10.1. The molecule has 1 unspecified atom stereocenters. The Hall–Kier alpha value is -2.58. The molecule has 0 radical (unpaired) electrons. The standard InChI is InChI=1S/C23H29N3O4S/c1-17-9-10-21-20(13-17)26(31(2,28)29)16-22(30-21)23(27)24-14-18-7-3-4-8-19(18)15-25-11-5-6-12-25/h3-4,7-10,13,22H,5-6,11-12,14-16H2,1-2H3,(H,24,27). The molecule has 1 atom stereocenters. The monoisotopic (exact) mass is 443 g/mol. The number of nitrogens with zero attached hydrogens (tertiary/aromatic N) is 2. The van der Waals surface area contributed by atoms with Crippen molar-refractivity contribution in [1.29, 1.82) is 0 Å². The number of ether oxygens (including phenoxy) is 1. The fourth-order valence-corrected chi connectivity index (χ4v) is 5.08. The molecule has 4 rings (SSSR count). The molecule has 2 aliphatic rings. The Balaban J connectivity index is 1.46. The number of sulfonamides is 1. The number of hydrogen-bond acceptors (Lipinski definition) is 5. The lowest BCUT2D eigenvalue weighted by Gasteiger charge is -2.34. The van der Waals surface area contributed by atoms with Gasteiger partial charge in [0.05, 0.1) is 18.5 Å². The van der Waals surface area contributed by atoms with Crippen LogP contribution in [0.2, 0.25) is 0 Å². The average Bonchev–Trinajstić information content (AvgIpc) is 3.24. The van der Waals surface area contributed by atoms with Crippen molar-refractivity contribution < 1.29 is 17.9 Å². The van der Waals surface area contributed by atoms with E-state index in [2.05, 4.69) is 16.3 Å². The van der Waals surface area contributed by atoms with Crippen LogP contribution in [-0.2, 0) is 27.9 Å². The van der Waals surface area contributed by atoms with Gasteiger partial charge in [-0.1, -0.05) is 30.3 Å². The summed E-state index contributed by atoms with van der Waals surface area (Å²) < 4.78 is 31.8. The van der Waals surface area contributed by atoms with Crippen LogP contribution in [-0.4, -0.2) is 51.2 Å². The molecule has 0 spiro atoms. The number of benzene rings is 2. The first kappa shape index (κ1) is 21.6. The molecular weight excluding hydrogens is 414 g/mol. The predicted octanol–water partition coefficient (Wildman–Crippen LogP) is 2.43. The highest BCUT2D eigenvalue weighted by atomic mass is 32.2.